The molecule has 6 heteroatoms. The van der Waals surface area contributed by atoms with Gasteiger partial charge < -0.3 is 20.1 Å². The van der Waals surface area contributed by atoms with Crippen LogP contribution in [-0.4, -0.2) is 52.9 Å². The molecule has 3 rings (SSSR count). The van der Waals surface area contributed by atoms with E-state index in [0.29, 0.717) is 26.2 Å². The van der Waals surface area contributed by atoms with E-state index >= 15 is 0 Å². The van der Waals surface area contributed by atoms with Crippen LogP contribution in [-0.2, 0) is 4.79 Å². The number of aromatic nitrogens is 1. The SMILES string of the molecule is CC(=O)N1CCN(C(=O)Nc2c[nH]c3ccccc23)CC1. The number of urea groups is 1. The average molecular weight is 286 g/mol. The van der Waals surface area contributed by atoms with Gasteiger partial charge in [0.1, 0.15) is 0 Å². The van der Waals surface area contributed by atoms with Gasteiger partial charge in [-0.05, 0) is 6.07 Å². The van der Waals surface area contributed by atoms with Crippen LogP contribution in [0.1, 0.15) is 6.92 Å². The number of carbonyl (C=O) groups excluding carboxylic acids is 2. The predicted octanol–water partition coefficient (Wildman–Crippen LogP) is 1.86. The number of para-hydroxylation sites is 1. The lowest BCUT2D eigenvalue weighted by molar-refractivity contribution is -0.130. The summed E-state index contributed by atoms with van der Waals surface area (Å²) in [4.78, 5) is 30.2. The molecule has 21 heavy (non-hydrogen) atoms. The second kappa shape index (κ2) is 5.47. The zero-order valence-corrected chi connectivity index (χ0v) is 11.9. The van der Waals surface area contributed by atoms with Gasteiger partial charge in [0.05, 0.1) is 5.69 Å². The smallest absolute Gasteiger partial charge is 0.322 e. The molecule has 0 atom stereocenters. The van der Waals surface area contributed by atoms with Crippen LogP contribution >= 0.6 is 0 Å². The topological polar surface area (TPSA) is 68.4 Å². The Morgan fingerprint density at radius 1 is 1.10 bits per heavy atom. The molecule has 0 aliphatic carbocycles. The summed E-state index contributed by atoms with van der Waals surface area (Å²) in [5.74, 6) is 0.0617. The molecule has 2 aromatic rings. The highest BCUT2D eigenvalue weighted by molar-refractivity contribution is 6.01. The van der Waals surface area contributed by atoms with Gasteiger partial charge in [-0.3, -0.25) is 4.79 Å². The highest BCUT2D eigenvalue weighted by Gasteiger charge is 2.22. The standard InChI is InChI=1S/C15H18N4O2/c1-11(20)18-6-8-19(9-7-18)15(21)17-14-10-16-13-5-3-2-4-12(13)14/h2-5,10,16H,6-9H2,1H3,(H,17,21). The van der Waals surface area contributed by atoms with Gasteiger partial charge in [-0.1, -0.05) is 18.2 Å². The first kappa shape index (κ1) is 13.5. The van der Waals surface area contributed by atoms with Gasteiger partial charge in [0.15, 0.2) is 0 Å². The number of hydrogen-bond donors (Lipinski definition) is 2. The predicted molar refractivity (Wildman–Crippen MR) is 81.1 cm³/mol. The first-order valence-electron chi connectivity index (χ1n) is 7.03. The maximum atomic E-state index is 12.3. The third-order valence-corrected chi connectivity index (χ3v) is 3.84. The first-order valence-corrected chi connectivity index (χ1v) is 7.03. The highest BCUT2D eigenvalue weighted by Crippen LogP contribution is 2.22. The van der Waals surface area contributed by atoms with Crippen molar-refractivity contribution in [1.29, 1.82) is 0 Å². The number of nitrogens with one attached hydrogen (secondary N) is 2. The van der Waals surface area contributed by atoms with Crippen molar-refractivity contribution in [2.45, 2.75) is 6.92 Å². The molecule has 110 valence electrons. The molecule has 1 fully saturated rings. The quantitative estimate of drug-likeness (QED) is 0.840. The van der Waals surface area contributed by atoms with E-state index in [1.165, 1.54) is 0 Å². The van der Waals surface area contributed by atoms with Crippen molar-refractivity contribution in [3.05, 3.63) is 30.5 Å². The molecule has 2 heterocycles. The summed E-state index contributed by atoms with van der Waals surface area (Å²) < 4.78 is 0. The molecule has 1 aliphatic heterocycles. The molecular formula is C15H18N4O2. The fraction of sp³-hybridized carbons (Fsp3) is 0.333. The van der Waals surface area contributed by atoms with Crippen LogP contribution in [0.2, 0.25) is 0 Å². The minimum atomic E-state index is -0.122. The van der Waals surface area contributed by atoms with Crippen molar-refractivity contribution in [2.75, 3.05) is 31.5 Å². The lowest BCUT2D eigenvalue weighted by atomic mass is 10.2. The number of nitrogens with zero attached hydrogens (tertiary/aromatic N) is 2. The second-order valence-electron chi connectivity index (χ2n) is 5.17. The third kappa shape index (κ3) is 2.69. The number of H-pyrrole nitrogens is 1. The Kier molecular flexibility index (Phi) is 3.51. The van der Waals surface area contributed by atoms with Crippen LogP contribution < -0.4 is 5.32 Å². The fourth-order valence-corrected chi connectivity index (χ4v) is 2.59. The number of fused-ring (bicyclic) bond motifs is 1. The molecule has 0 saturated carbocycles. The second-order valence-corrected chi connectivity index (χ2v) is 5.17. The lowest BCUT2D eigenvalue weighted by Crippen LogP contribution is -2.51. The van der Waals surface area contributed by atoms with E-state index in [1.54, 1.807) is 22.9 Å². The van der Waals surface area contributed by atoms with Gasteiger partial charge >= 0.3 is 6.03 Å². The number of anilines is 1. The van der Waals surface area contributed by atoms with Crippen LogP contribution in [0.5, 0.6) is 0 Å². The number of aromatic amines is 1. The summed E-state index contributed by atoms with van der Waals surface area (Å²) in [5.41, 5.74) is 1.78. The minimum Gasteiger partial charge on any atom is -0.359 e. The average Bonchev–Trinajstić information content (AvgIpc) is 2.91. The molecular weight excluding hydrogens is 268 g/mol. The number of amides is 3. The number of hydrogen-bond acceptors (Lipinski definition) is 2. The Bertz CT molecular complexity index is 671. The molecule has 1 aromatic heterocycles. The highest BCUT2D eigenvalue weighted by atomic mass is 16.2. The molecule has 1 saturated heterocycles. The van der Waals surface area contributed by atoms with Gasteiger partial charge in [0.2, 0.25) is 5.91 Å². The van der Waals surface area contributed by atoms with Crippen molar-refractivity contribution >= 4 is 28.5 Å². The van der Waals surface area contributed by atoms with E-state index in [9.17, 15) is 9.59 Å². The molecule has 0 spiro atoms. The van der Waals surface area contributed by atoms with Crippen LogP contribution in [0, 0.1) is 0 Å². The van der Waals surface area contributed by atoms with Crippen LogP contribution in [0.4, 0.5) is 10.5 Å². The molecule has 6 nitrogen and oxygen atoms in total. The van der Waals surface area contributed by atoms with E-state index < -0.39 is 0 Å². The maximum absolute atomic E-state index is 12.3. The van der Waals surface area contributed by atoms with Gasteiger partial charge in [-0.25, -0.2) is 4.79 Å². The molecule has 2 N–H and O–H groups in total. The fourth-order valence-electron chi connectivity index (χ4n) is 2.59. The molecule has 0 bridgehead atoms. The molecule has 0 radical (unpaired) electrons. The van der Waals surface area contributed by atoms with Crippen molar-refractivity contribution < 1.29 is 9.59 Å². The zero-order valence-electron chi connectivity index (χ0n) is 11.9. The Morgan fingerprint density at radius 3 is 2.48 bits per heavy atom. The number of rotatable bonds is 1. The Balaban J connectivity index is 1.66. The summed E-state index contributed by atoms with van der Waals surface area (Å²) in [6, 6.07) is 7.71. The van der Waals surface area contributed by atoms with E-state index in [4.69, 9.17) is 0 Å². The van der Waals surface area contributed by atoms with Crippen molar-refractivity contribution in [3.8, 4) is 0 Å². The molecule has 0 unspecified atom stereocenters. The van der Waals surface area contributed by atoms with Crippen LogP contribution in [0.15, 0.2) is 30.5 Å². The Labute approximate surface area is 122 Å². The summed E-state index contributed by atoms with van der Waals surface area (Å²) in [6.07, 6.45) is 1.80. The number of piperazine rings is 1. The van der Waals surface area contributed by atoms with Crippen LogP contribution in [0.3, 0.4) is 0 Å². The van der Waals surface area contributed by atoms with E-state index in [-0.39, 0.29) is 11.9 Å². The third-order valence-electron chi connectivity index (χ3n) is 3.84. The summed E-state index contributed by atoms with van der Waals surface area (Å²) in [7, 11) is 0. The minimum absolute atomic E-state index is 0.0617. The molecule has 1 aliphatic rings. The van der Waals surface area contributed by atoms with Gasteiger partial charge in [0, 0.05) is 50.2 Å². The summed E-state index contributed by atoms with van der Waals surface area (Å²) in [5, 5.41) is 3.92. The monoisotopic (exact) mass is 286 g/mol. The van der Waals surface area contributed by atoms with Gasteiger partial charge in [0.25, 0.3) is 0 Å². The maximum Gasteiger partial charge on any atom is 0.322 e. The van der Waals surface area contributed by atoms with E-state index in [1.807, 2.05) is 24.3 Å². The number of carbonyl (C=O) groups is 2. The van der Waals surface area contributed by atoms with Crippen molar-refractivity contribution in [1.82, 2.24) is 14.8 Å². The lowest BCUT2D eigenvalue weighted by Gasteiger charge is -2.34. The largest absolute Gasteiger partial charge is 0.359 e. The molecule has 3 amide bonds. The Hall–Kier alpha value is -2.50. The van der Waals surface area contributed by atoms with Crippen molar-refractivity contribution in [2.24, 2.45) is 0 Å². The normalized spacial score (nSPS) is 15.3. The van der Waals surface area contributed by atoms with Gasteiger partial charge in [-0.15, -0.1) is 0 Å². The summed E-state index contributed by atoms with van der Waals surface area (Å²) in [6.45, 7) is 3.87. The summed E-state index contributed by atoms with van der Waals surface area (Å²) >= 11 is 0. The Morgan fingerprint density at radius 2 is 1.76 bits per heavy atom. The van der Waals surface area contributed by atoms with Crippen molar-refractivity contribution in [3.63, 3.8) is 0 Å². The van der Waals surface area contributed by atoms with E-state index in [2.05, 4.69) is 10.3 Å². The zero-order chi connectivity index (χ0) is 14.8. The molecule has 1 aromatic carbocycles. The van der Waals surface area contributed by atoms with E-state index in [0.717, 1.165) is 16.6 Å². The van der Waals surface area contributed by atoms with Crippen LogP contribution in [0.25, 0.3) is 10.9 Å². The first-order chi connectivity index (χ1) is 10.1. The number of benzene rings is 1. The van der Waals surface area contributed by atoms with Gasteiger partial charge in [-0.2, -0.15) is 0 Å².